The fraction of sp³-hybridized carbons (Fsp3) is 0.600. The Morgan fingerprint density at radius 1 is 1.92 bits per heavy atom. The molecule has 0 aliphatic carbocycles. The summed E-state index contributed by atoms with van der Waals surface area (Å²) in [6, 6.07) is 0. The minimum absolute atomic E-state index is 0.0677. The number of azide groups is 1. The quantitative estimate of drug-likeness (QED) is 0.406. The number of aromatic nitrogens is 3. The highest BCUT2D eigenvalue weighted by molar-refractivity contribution is 5.08. The first-order valence-electron chi connectivity index (χ1n) is 3.35. The molecular formula is C5H8N6O. The fourth-order valence-corrected chi connectivity index (χ4v) is 0.729. The molecule has 1 aromatic heterocycles. The summed E-state index contributed by atoms with van der Waals surface area (Å²) in [5, 5.41) is 15.9. The molecule has 12 heavy (non-hydrogen) atoms. The van der Waals surface area contributed by atoms with Gasteiger partial charge in [0.1, 0.15) is 6.33 Å². The first-order valence-corrected chi connectivity index (χ1v) is 3.35. The van der Waals surface area contributed by atoms with Gasteiger partial charge in [0.15, 0.2) is 0 Å². The van der Waals surface area contributed by atoms with Crippen LogP contribution in [0.2, 0.25) is 0 Å². The Kier molecular flexibility index (Phi) is 2.62. The third kappa shape index (κ3) is 2.22. The van der Waals surface area contributed by atoms with Gasteiger partial charge >= 0.3 is 0 Å². The van der Waals surface area contributed by atoms with Crippen molar-refractivity contribution in [1.82, 2.24) is 14.8 Å². The van der Waals surface area contributed by atoms with Crippen molar-refractivity contribution in [3.8, 4) is 0 Å². The average molecular weight is 168 g/mol. The van der Waals surface area contributed by atoms with Crippen molar-refractivity contribution in [1.29, 1.82) is 0 Å². The zero-order valence-corrected chi connectivity index (χ0v) is 6.49. The topological polar surface area (TPSA) is 99.7 Å². The van der Waals surface area contributed by atoms with E-state index in [0.717, 1.165) is 0 Å². The highest BCUT2D eigenvalue weighted by atomic mass is 16.3. The predicted octanol–water partition coefficient (Wildman–Crippen LogP) is 0.601. The van der Waals surface area contributed by atoms with Crippen molar-refractivity contribution in [2.75, 3.05) is 0 Å². The third-order valence-corrected chi connectivity index (χ3v) is 1.11. The summed E-state index contributed by atoms with van der Waals surface area (Å²) in [7, 11) is 0. The van der Waals surface area contributed by atoms with Crippen LogP contribution in [0.4, 0.5) is 5.95 Å². The summed E-state index contributed by atoms with van der Waals surface area (Å²) in [6.07, 6.45) is 0.905. The molecule has 1 rings (SSSR count). The van der Waals surface area contributed by atoms with Gasteiger partial charge in [-0.15, -0.1) is 5.10 Å². The minimum Gasteiger partial charge on any atom is -0.391 e. The Morgan fingerprint density at radius 3 is 3.25 bits per heavy atom. The molecule has 7 heteroatoms. The van der Waals surface area contributed by atoms with E-state index >= 15 is 0 Å². The molecule has 1 heterocycles. The largest absolute Gasteiger partial charge is 0.391 e. The van der Waals surface area contributed by atoms with Crippen LogP contribution in [0, 0.1) is 0 Å². The van der Waals surface area contributed by atoms with E-state index in [2.05, 4.69) is 20.1 Å². The Hall–Kier alpha value is -1.59. The first kappa shape index (κ1) is 8.51. The average Bonchev–Trinajstić information content (AvgIpc) is 2.36. The van der Waals surface area contributed by atoms with Crippen LogP contribution in [0.15, 0.2) is 11.4 Å². The molecule has 0 saturated heterocycles. The second-order valence-electron chi connectivity index (χ2n) is 2.31. The predicted molar refractivity (Wildman–Crippen MR) is 40.5 cm³/mol. The van der Waals surface area contributed by atoms with E-state index in [1.54, 1.807) is 6.92 Å². The molecule has 1 atom stereocenters. The van der Waals surface area contributed by atoms with E-state index < -0.39 is 6.10 Å². The van der Waals surface area contributed by atoms with Crippen molar-refractivity contribution in [2.45, 2.75) is 19.6 Å². The molecule has 0 fully saturated rings. The van der Waals surface area contributed by atoms with Crippen molar-refractivity contribution in [3.05, 3.63) is 16.8 Å². The van der Waals surface area contributed by atoms with E-state index in [-0.39, 0.29) is 5.95 Å². The smallest absolute Gasteiger partial charge is 0.237 e. The van der Waals surface area contributed by atoms with E-state index in [0.29, 0.717) is 6.54 Å². The number of rotatable bonds is 3. The Balaban J connectivity index is 2.70. The lowest BCUT2D eigenvalue weighted by Gasteiger charge is -2.01. The van der Waals surface area contributed by atoms with Crippen LogP contribution in [0.3, 0.4) is 0 Å². The molecule has 7 nitrogen and oxygen atoms in total. The van der Waals surface area contributed by atoms with E-state index in [9.17, 15) is 0 Å². The summed E-state index contributed by atoms with van der Waals surface area (Å²) in [6.45, 7) is 1.98. The highest BCUT2D eigenvalue weighted by Gasteiger charge is 2.00. The zero-order valence-electron chi connectivity index (χ0n) is 6.49. The Labute approximate surface area is 68.3 Å². The van der Waals surface area contributed by atoms with Crippen LogP contribution >= 0.6 is 0 Å². The standard InChI is InChI=1S/C5H8N6O/c1-4(12)2-11-3-7-5(9-11)8-10-6/h3-4,12H,2H2,1H3. The van der Waals surface area contributed by atoms with Gasteiger partial charge in [-0.3, -0.25) is 0 Å². The maximum Gasteiger partial charge on any atom is 0.237 e. The maximum absolute atomic E-state index is 8.95. The molecule has 0 aliphatic heterocycles. The van der Waals surface area contributed by atoms with E-state index in [1.165, 1.54) is 11.0 Å². The summed E-state index contributed by atoms with van der Waals surface area (Å²) in [5.41, 5.74) is 8.03. The third-order valence-electron chi connectivity index (χ3n) is 1.11. The molecule has 0 radical (unpaired) electrons. The van der Waals surface area contributed by atoms with Crippen LogP contribution in [-0.4, -0.2) is 26.0 Å². The molecular weight excluding hydrogens is 160 g/mol. The maximum atomic E-state index is 8.95. The summed E-state index contributed by atoms with van der Waals surface area (Å²) < 4.78 is 1.41. The van der Waals surface area contributed by atoms with Crippen molar-refractivity contribution in [3.63, 3.8) is 0 Å². The van der Waals surface area contributed by atoms with Gasteiger partial charge < -0.3 is 5.11 Å². The van der Waals surface area contributed by atoms with Crippen LogP contribution in [0.1, 0.15) is 6.92 Å². The van der Waals surface area contributed by atoms with Gasteiger partial charge in [0.2, 0.25) is 5.95 Å². The molecule has 1 aromatic rings. The van der Waals surface area contributed by atoms with Crippen molar-refractivity contribution >= 4 is 5.95 Å². The van der Waals surface area contributed by atoms with Crippen LogP contribution in [0.25, 0.3) is 10.4 Å². The molecule has 0 amide bonds. The molecule has 0 aliphatic rings. The zero-order chi connectivity index (χ0) is 8.97. The monoisotopic (exact) mass is 168 g/mol. The SMILES string of the molecule is CC(O)Cn1cnc(N=[N+]=[N-])n1. The molecule has 0 saturated carbocycles. The number of aliphatic hydroxyl groups is 1. The van der Waals surface area contributed by atoms with E-state index in [1.807, 2.05) is 0 Å². The molecule has 0 aromatic carbocycles. The van der Waals surface area contributed by atoms with Crippen molar-refractivity contribution < 1.29 is 5.11 Å². The van der Waals surface area contributed by atoms with Crippen LogP contribution in [-0.2, 0) is 6.54 Å². The van der Waals surface area contributed by atoms with Gasteiger partial charge in [0.25, 0.3) is 0 Å². The van der Waals surface area contributed by atoms with Gasteiger partial charge in [0, 0.05) is 4.91 Å². The Bertz CT molecular complexity index is 299. The summed E-state index contributed by atoms with van der Waals surface area (Å²) >= 11 is 0. The summed E-state index contributed by atoms with van der Waals surface area (Å²) in [5.74, 6) is 0.0677. The number of hydrogen-bond donors (Lipinski definition) is 1. The minimum atomic E-state index is -0.495. The van der Waals surface area contributed by atoms with Gasteiger partial charge in [-0.1, -0.05) is 0 Å². The lowest BCUT2D eigenvalue weighted by molar-refractivity contribution is 0.168. The van der Waals surface area contributed by atoms with Gasteiger partial charge in [-0.25, -0.2) is 9.67 Å². The lowest BCUT2D eigenvalue weighted by atomic mass is 10.4. The second-order valence-corrected chi connectivity index (χ2v) is 2.31. The Morgan fingerprint density at radius 2 is 2.67 bits per heavy atom. The van der Waals surface area contributed by atoms with Crippen molar-refractivity contribution in [2.24, 2.45) is 5.11 Å². The van der Waals surface area contributed by atoms with Crippen LogP contribution < -0.4 is 0 Å². The summed E-state index contributed by atoms with van der Waals surface area (Å²) in [4.78, 5) is 6.20. The lowest BCUT2D eigenvalue weighted by Crippen LogP contribution is -2.11. The van der Waals surface area contributed by atoms with Gasteiger partial charge in [-0.2, -0.15) is 0 Å². The highest BCUT2D eigenvalue weighted by Crippen LogP contribution is 2.01. The molecule has 0 bridgehead atoms. The van der Waals surface area contributed by atoms with Crippen LogP contribution in [0.5, 0.6) is 0 Å². The number of hydrogen-bond acceptors (Lipinski definition) is 4. The van der Waals surface area contributed by atoms with E-state index in [4.69, 9.17) is 10.6 Å². The second kappa shape index (κ2) is 3.70. The molecule has 0 spiro atoms. The number of aliphatic hydroxyl groups excluding tert-OH is 1. The first-order chi connectivity index (χ1) is 5.72. The fourth-order valence-electron chi connectivity index (χ4n) is 0.729. The molecule has 64 valence electrons. The number of nitrogens with zero attached hydrogens (tertiary/aromatic N) is 6. The molecule has 1 unspecified atom stereocenters. The van der Waals surface area contributed by atoms with Gasteiger partial charge in [-0.05, 0) is 17.6 Å². The van der Waals surface area contributed by atoms with Gasteiger partial charge in [0.05, 0.1) is 12.6 Å². The normalized spacial score (nSPS) is 12.2. The molecule has 1 N–H and O–H groups in total.